The van der Waals surface area contributed by atoms with Crippen molar-refractivity contribution in [2.24, 2.45) is 4.99 Å². The summed E-state index contributed by atoms with van der Waals surface area (Å²) in [6, 6.07) is 0. The standard InChI is InChI=1S/C8H12N2/c1-9-8(10-2)7-5-3-4-6-7/h3-5H,6H2,1-2H3,(H,9,10). The molecule has 0 bridgehead atoms. The zero-order valence-corrected chi connectivity index (χ0v) is 6.39. The summed E-state index contributed by atoms with van der Waals surface area (Å²) in [5.74, 6) is 0.991. The van der Waals surface area contributed by atoms with Gasteiger partial charge in [-0.15, -0.1) is 0 Å². The minimum absolute atomic E-state index is 0.991. The number of nitrogens with one attached hydrogen (secondary N) is 1. The van der Waals surface area contributed by atoms with Crippen molar-refractivity contribution >= 4 is 5.84 Å². The quantitative estimate of drug-likeness (QED) is 0.424. The third-order valence-electron chi connectivity index (χ3n) is 1.54. The van der Waals surface area contributed by atoms with Crippen LogP contribution in [0.4, 0.5) is 0 Å². The van der Waals surface area contributed by atoms with Crippen molar-refractivity contribution in [3.63, 3.8) is 0 Å². The van der Waals surface area contributed by atoms with E-state index in [1.54, 1.807) is 7.05 Å². The van der Waals surface area contributed by atoms with Gasteiger partial charge in [0.1, 0.15) is 5.84 Å². The number of hydrogen-bond acceptors (Lipinski definition) is 1. The van der Waals surface area contributed by atoms with Crippen molar-refractivity contribution < 1.29 is 0 Å². The summed E-state index contributed by atoms with van der Waals surface area (Å²) in [4.78, 5) is 4.09. The summed E-state index contributed by atoms with van der Waals surface area (Å²) in [6.45, 7) is 0. The first kappa shape index (κ1) is 7.06. The van der Waals surface area contributed by atoms with Crippen LogP contribution in [0.5, 0.6) is 0 Å². The Morgan fingerprint density at radius 3 is 2.90 bits per heavy atom. The molecule has 0 fully saturated rings. The van der Waals surface area contributed by atoms with Gasteiger partial charge in [-0.3, -0.25) is 4.99 Å². The minimum atomic E-state index is 0.991. The van der Waals surface area contributed by atoms with Gasteiger partial charge in [-0.05, 0) is 12.0 Å². The van der Waals surface area contributed by atoms with Crippen molar-refractivity contribution in [2.45, 2.75) is 6.42 Å². The van der Waals surface area contributed by atoms with Crippen molar-refractivity contribution in [1.29, 1.82) is 0 Å². The molecule has 0 aromatic carbocycles. The van der Waals surface area contributed by atoms with Gasteiger partial charge in [-0.2, -0.15) is 0 Å². The van der Waals surface area contributed by atoms with Gasteiger partial charge >= 0.3 is 0 Å². The zero-order valence-electron chi connectivity index (χ0n) is 6.39. The summed E-state index contributed by atoms with van der Waals surface area (Å²) in [7, 11) is 3.69. The molecular formula is C8H12N2. The molecule has 54 valence electrons. The lowest BCUT2D eigenvalue weighted by Gasteiger charge is -2.03. The lowest BCUT2D eigenvalue weighted by Crippen LogP contribution is -2.19. The van der Waals surface area contributed by atoms with E-state index in [0.29, 0.717) is 0 Å². The van der Waals surface area contributed by atoms with Crippen LogP contribution in [0.25, 0.3) is 0 Å². The molecule has 0 aliphatic heterocycles. The van der Waals surface area contributed by atoms with E-state index in [-0.39, 0.29) is 0 Å². The first-order chi connectivity index (χ1) is 4.88. The second-order valence-corrected chi connectivity index (χ2v) is 2.15. The third kappa shape index (κ3) is 1.26. The largest absolute Gasteiger partial charge is 0.373 e. The van der Waals surface area contributed by atoms with Crippen LogP contribution >= 0.6 is 0 Å². The summed E-state index contributed by atoms with van der Waals surface area (Å²) >= 11 is 0. The number of rotatable bonds is 1. The van der Waals surface area contributed by atoms with Crippen LogP contribution in [0, 0.1) is 0 Å². The number of allylic oxidation sites excluding steroid dienone is 3. The van der Waals surface area contributed by atoms with E-state index in [1.165, 1.54) is 5.57 Å². The van der Waals surface area contributed by atoms with Crippen molar-refractivity contribution in [3.05, 3.63) is 23.8 Å². The maximum absolute atomic E-state index is 4.09. The highest BCUT2D eigenvalue weighted by atomic mass is 14.9. The fourth-order valence-corrected chi connectivity index (χ4v) is 1.04. The first-order valence-corrected chi connectivity index (χ1v) is 3.39. The van der Waals surface area contributed by atoms with E-state index in [4.69, 9.17) is 0 Å². The lowest BCUT2D eigenvalue weighted by molar-refractivity contribution is 1.12. The molecule has 2 nitrogen and oxygen atoms in total. The Kier molecular flexibility index (Phi) is 2.26. The average molecular weight is 136 g/mol. The molecule has 1 rings (SSSR count). The zero-order chi connectivity index (χ0) is 7.40. The number of likely N-dealkylation sites (N-methyl/N-ethyl adjacent to an activating group) is 1. The molecule has 0 unspecified atom stereocenters. The summed E-state index contributed by atoms with van der Waals surface area (Å²) in [5, 5.41) is 3.04. The van der Waals surface area contributed by atoms with E-state index in [2.05, 4.69) is 28.5 Å². The molecule has 0 aromatic rings. The molecule has 0 saturated carbocycles. The monoisotopic (exact) mass is 136 g/mol. The number of aliphatic imine (C=N–C) groups is 1. The van der Waals surface area contributed by atoms with Crippen LogP contribution in [0.15, 0.2) is 28.8 Å². The summed E-state index contributed by atoms with van der Waals surface area (Å²) in [6.07, 6.45) is 7.27. The molecule has 0 radical (unpaired) electrons. The lowest BCUT2D eigenvalue weighted by atomic mass is 10.2. The fourth-order valence-electron chi connectivity index (χ4n) is 1.04. The summed E-state index contributed by atoms with van der Waals surface area (Å²) < 4.78 is 0. The number of hydrogen-bond donors (Lipinski definition) is 1. The molecule has 0 saturated heterocycles. The van der Waals surface area contributed by atoms with Gasteiger partial charge in [-0.1, -0.05) is 18.2 Å². The van der Waals surface area contributed by atoms with Crippen molar-refractivity contribution in [2.75, 3.05) is 14.1 Å². The maximum Gasteiger partial charge on any atom is 0.123 e. The molecule has 0 heterocycles. The Labute approximate surface area is 61.4 Å². The molecule has 0 amide bonds. The molecule has 1 aliphatic carbocycles. The van der Waals surface area contributed by atoms with Crippen molar-refractivity contribution in [1.82, 2.24) is 5.32 Å². The molecule has 1 N–H and O–H groups in total. The average Bonchev–Trinajstić information content (AvgIpc) is 2.43. The van der Waals surface area contributed by atoms with Gasteiger partial charge in [0, 0.05) is 14.1 Å². The second kappa shape index (κ2) is 3.20. The van der Waals surface area contributed by atoms with Gasteiger partial charge in [0.2, 0.25) is 0 Å². The Morgan fingerprint density at radius 1 is 1.70 bits per heavy atom. The second-order valence-electron chi connectivity index (χ2n) is 2.15. The molecule has 0 atom stereocenters. The minimum Gasteiger partial charge on any atom is -0.373 e. The number of nitrogens with zero attached hydrogens (tertiary/aromatic N) is 1. The van der Waals surface area contributed by atoms with Gasteiger partial charge in [0.25, 0.3) is 0 Å². The Hall–Kier alpha value is -1.05. The Bertz CT molecular complexity index is 199. The SMILES string of the molecule is C/N=C(\NC)C1=CC=CC1. The summed E-state index contributed by atoms with van der Waals surface area (Å²) in [5.41, 5.74) is 1.27. The molecular weight excluding hydrogens is 124 g/mol. The van der Waals surface area contributed by atoms with Crippen molar-refractivity contribution in [3.8, 4) is 0 Å². The van der Waals surface area contributed by atoms with Crippen LogP contribution in [0.2, 0.25) is 0 Å². The molecule has 0 aromatic heterocycles. The molecule has 2 heteroatoms. The fraction of sp³-hybridized carbons (Fsp3) is 0.375. The van der Waals surface area contributed by atoms with E-state index in [0.717, 1.165) is 12.3 Å². The highest BCUT2D eigenvalue weighted by Gasteiger charge is 2.03. The predicted molar refractivity (Wildman–Crippen MR) is 44.3 cm³/mol. The van der Waals surface area contributed by atoms with Gasteiger partial charge in [-0.25, -0.2) is 0 Å². The molecule has 1 aliphatic rings. The Morgan fingerprint density at radius 2 is 2.50 bits per heavy atom. The highest BCUT2D eigenvalue weighted by molar-refractivity contribution is 5.99. The van der Waals surface area contributed by atoms with E-state index < -0.39 is 0 Å². The first-order valence-electron chi connectivity index (χ1n) is 3.39. The smallest absolute Gasteiger partial charge is 0.123 e. The predicted octanol–water partition coefficient (Wildman–Crippen LogP) is 1.12. The van der Waals surface area contributed by atoms with Crippen LogP contribution in [-0.4, -0.2) is 19.9 Å². The van der Waals surface area contributed by atoms with E-state index in [1.807, 2.05) is 7.05 Å². The van der Waals surface area contributed by atoms with E-state index in [9.17, 15) is 0 Å². The van der Waals surface area contributed by atoms with Crippen LogP contribution in [-0.2, 0) is 0 Å². The molecule has 0 spiro atoms. The van der Waals surface area contributed by atoms with Crippen LogP contribution < -0.4 is 5.32 Å². The molecule has 10 heavy (non-hydrogen) atoms. The van der Waals surface area contributed by atoms with Gasteiger partial charge < -0.3 is 5.32 Å². The van der Waals surface area contributed by atoms with Crippen LogP contribution in [0.3, 0.4) is 0 Å². The third-order valence-corrected chi connectivity index (χ3v) is 1.54. The number of amidine groups is 1. The van der Waals surface area contributed by atoms with Gasteiger partial charge in [0.05, 0.1) is 0 Å². The Balaban J connectivity index is 2.65. The highest BCUT2D eigenvalue weighted by Crippen LogP contribution is 2.10. The topological polar surface area (TPSA) is 24.4 Å². The van der Waals surface area contributed by atoms with E-state index >= 15 is 0 Å². The van der Waals surface area contributed by atoms with Gasteiger partial charge in [0.15, 0.2) is 0 Å². The normalized spacial score (nSPS) is 17.4. The maximum atomic E-state index is 4.09. The van der Waals surface area contributed by atoms with Crippen LogP contribution in [0.1, 0.15) is 6.42 Å².